The summed E-state index contributed by atoms with van der Waals surface area (Å²) in [6, 6.07) is 4.28. The average Bonchev–Trinajstić information content (AvgIpc) is 2.45. The van der Waals surface area contributed by atoms with E-state index < -0.39 is 39.5 Å². The van der Waals surface area contributed by atoms with E-state index in [0.717, 1.165) is 13.2 Å². The SMILES string of the molecule is COc1cc(F)c(F)c(Nc2ccc(Br)cc2F)c1[N+](=O)[O-]. The Morgan fingerprint density at radius 1 is 1.23 bits per heavy atom. The highest BCUT2D eigenvalue weighted by molar-refractivity contribution is 9.10. The van der Waals surface area contributed by atoms with E-state index >= 15 is 0 Å². The largest absolute Gasteiger partial charge is 0.490 e. The molecule has 0 bridgehead atoms. The van der Waals surface area contributed by atoms with Gasteiger partial charge in [-0.25, -0.2) is 13.2 Å². The third-order valence-electron chi connectivity index (χ3n) is 2.75. The maximum absolute atomic E-state index is 13.9. The van der Waals surface area contributed by atoms with E-state index in [1.807, 2.05) is 0 Å². The molecule has 0 spiro atoms. The lowest BCUT2D eigenvalue weighted by Crippen LogP contribution is -2.05. The van der Waals surface area contributed by atoms with Crippen LogP contribution in [0.3, 0.4) is 0 Å². The summed E-state index contributed by atoms with van der Waals surface area (Å²) < 4.78 is 46.3. The number of nitro benzene ring substituents is 1. The number of halogens is 4. The highest BCUT2D eigenvalue weighted by atomic mass is 79.9. The quantitative estimate of drug-likeness (QED) is 0.628. The van der Waals surface area contributed by atoms with E-state index in [0.29, 0.717) is 10.5 Å². The number of methoxy groups -OCH3 is 1. The fourth-order valence-electron chi connectivity index (χ4n) is 1.77. The summed E-state index contributed by atoms with van der Waals surface area (Å²) >= 11 is 3.04. The Balaban J connectivity index is 2.62. The van der Waals surface area contributed by atoms with Crippen LogP contribution in [0.1, 0.15) is 0 Å². The lowest BCUT2D eigenvalue weighted by atomic mass is 10.2. The molecule has 5 nitrogen and oxygen atoms in total. The van der Waals surface area contributed by atoms with Gasteiger partial charge in [-0.15, -0.1) is 0 Å². The van der Waals surface area contributed by atoms with Crippen molar-refractivity contribution in [3.05, 3.63) is 56.3 Å². The first-order valence-electron chi connectivity index (χ1n) is 5.77. The highest BCUT2D eigenvalue weighted by Crippen LogP contribution is 2.40. The number of anilines is 2. The van der Waals surface area contributed by atoms with Crippen molar-refractivity contribution < 1.29 is 22.8 Å². The van der Waals surface area contributed by atoms with Crippen molar-refractivity contribution in [1.82, 2.24) is 0 Å². The van der Waals surface area contributed by atoms with Gasteiger partial charge in [-0.2, -0.15) is 0 Å². The van der Waals surface area contributed by atoms with Crippen molar-refractivity contribution in [3.8, 4) is 5.75 Å². The smallest absolute Gasteiger partial charge is 0.337 e. The fourth-order valence-corrected chi connectivity index (χ4v) is 2.10. The molecule has 0 aliphatic rings. The Hall–Kier alpha value is -2.29. The van der Waals surface area contributed by atoms with E-state index in [-0.39, 0.29) is 5.69 Å². The molecule has 0 aromatic heterocycles. The molecule has 0 aliphatic carbocycles. The molecule has 0 radical (unpaired) electrons. The van der Waals surface area contributed by atoms with Gasteiger partial charge in [0.05, 0.1) is 17.7 Å². The molecule has 22 heavy (non-hydrogen) atoms. The lowest BCUT2D eigenvalue weighted by molar-refractivity contribution is -0.385. The molecule has 0 unspecified atom stereocenters. The number of hydrogen-bond acceptors (Lipinski definition) is 4. The summed E-state index contributed by atoms with van der Waals surface area (Å²) in [5.41, 5.74) is -1.90. The zero-order valence-corrected chi connectivity index (χ0v) is 12.6. The zero-order valence-electron chi connectivity index (χ0n) is 11.0. The molecule has 2 aromatic carbocycles. The van der Waals surface area contributed by atoms with Crippen molar-refractivity contribution in [1.29, 1.82) is 0 Å². The van der Waals surface area contributed by atoms with Crippen molar-refractivity contribution in [2.45, 2.75) is 0 Å². The second-order valence-electron chi connectivity index (χ2n) is 4.10. The predicted molar refractivity (Wildman–Crippen MR) is 76.9 cm³/mol. The van der Waals surface area contributed by atoms with Crippen molar-refractivity contribution >= 4 is 33.0 Å². The van der Waals surface area contributed by atoms with Gasteiger partial charge in [-0.1, -0.05) is 15.9 Å². The molecule has 0 atom stereocenters. The topological polar surface area (TPSA) is 64.4 Å². The molecule has 116 valence electrons. The number of benzene rings is 2. The van der Waals surface area contributed by atoms with Crippen LogP contribution in [0.15, 0.2) is 28.7 Å². The standard InChI is InChI=1S/C13H8BrF3N2O3/c1-22-10-5-8(16)11(17)12(13(10)19(20)21)18-9-3-2-6(14)4-7(9)15/h2-5,18H,1H3. The first kappa shape index (κ1) is 16.1. The van der Waals surface area contributed by atoms with E-state index in [1.54, 1.807) is 0 Å². The summed E-state index contributed by atoms with van der Waals surface area (Å²) in [5, 5.41) is 13.3. The fraction of sp³-hybridized carbons (Fsp3) is 0.0769. The number of rotatable bonds is 4. The van der Waals surface area contributed by atoms with Crippen LogP contribution in [-0.4, -0.2) is 12.0 Å². The Morgan fingerprint density at radius 3 is 2.45 bits per heavy atom. The Labute approximate surface area is 131 Å². The number of hydrogen-bond donors (Lipinski definition) is 1. The van der Waals surface area contributed by atoms with E-state index in [4.69, 9.17) is 0 Å². The average molecular weight is 377 g/mol. The van der Waals surface area contributed by atoms with Crippen molar-refractivity contribution in [2.24, 2.45) is 0 Å². The highest BCUT2D eigenvalue weighted by Gasteiger charge is 2.28. The van der Waals surface area contributed by atoms with Crippen LogP contribution in [0.4, 0.5) is 30.2 Å². The van der Waals surface area contributed by atoms with Crippen LogP contribution >= 0.6 is 15.9 Å². The second-order valence-corrected chi connectivity index (χ2v) is 5.02. The first-order valence-corrected chi connectivity index (χ1v) is 6.57. The molecule has 0 heterocycles. The van der Waals surface area contributed by atoms with Gasteiger partial charge in [0.15, 0.2) is 17.3 Å². The van der Waals surface area contributed by atoms with Gasteiger partial charge in [0.2, 0.25) is 5.75 Å². The minimum absolute atomic E-state index is 0.252. The third-order valence-corrected chi connectivity index (χ3v) is 3.24. The monoisotopic (exact) mass is 376 g/mol. The van der Waals surface area contributed by atoms with Gasteiger partial charge in [-0.3, -0.25) is 10.1 Å². The molecule has 0 aliphatic heterocycles. The summed E-state index contributed by atoms with van der Waals surface area (Å²) in [6.45, 7) is 0. The summed E-state index contributed by atoms with van der Waals surface area (Å²) in [5.74, 6) is -4.15. The third kappa shape index (κ3) is 2.98. The van der Waals surface area contributed by atoms with Gasteiger partial charge < -0.3 is 10.1 Å². The van der Waals surface area contributed by atoms with Crippen LogP contribution in [0.5, 0.6) is 5.75 Å². The number of nitrogens with zero attached hydrogens (tertiary/aromatic N) is 1. The summed E-state index contributed by atoms with van der Waals surface area (Å²) in [4.78, 5) is 10.1. The van der Waals surface area contributed by atoms with Crippen molar-refractivity contribution in [3.63, 3.8) is 0 Å². The molecule has 0 fully saturated rings. The zero-order chi connectivity index (χ0) is 16.4. The van der Waals surface area contributed by atoms with Gasteiger partial charge in [0, 0.05) is 10.5 Å². The molecule has 1 N–H and O–H groups in total. The normalized spacial score (nSPS) is 10.4. The number of ether oxygens (including phenoxy) is 1. The van der Waals surface area contributed by atoms with E-state index in [1.165, 1.54) is 12.1 Å². The van der Waals surface area contributed by atoms with Crippen LogP contribution in [0.25, 0.3) is 0 Å². The Kier molecular flexibility index (Phi) is 4.55. The maximum atomic E-state index is 13.9. The minimum atomic E-state index is -1.50. The van der Waals surface area contributed by atoms with E-state index in [9.17, 15) is 23.3 Å². The molecule has 2 aromatic rings. The molecular formula is C13H8BrF3N2O3. The van der Waals surface area contributed by atoms with Gasteiger partial charge in [0.1, 0.15) is 5.82 Å². The molecule has 0 saturated carbocycles. The molecule has 2 rings (SSSR count). The molecule has 0 amide bonds. The summed E-state index contributed by atoms with van der Waals surface area (Å²) in [6.07, 6.45) is 0. The second kappa shape index (κ2) is 6.22. The van der Waals surface area contributed by atoms with Crippen LogP contribution in [-0.2, 0) is 0 Å². The summed E-state index contributed by atoms with van der Waals surface area (Å²) in [7, 11) is 1.07. The lowest BCUT2D eigenvalue weighted by Gasteiger charge is -2.12. The maximum Gasteiger partial charge on any atom is 0.337 e. The van der Waals surface area contributed by atoms with Crippen molar-refractivity contribution in [2.75, 3.05) is 12.4 Å². The van der Waals surface area contributed by atoms with Crippen LogP contribution in [0, 0.1) is 27.6 Å². The minimum Gasteiger partial charge on any atom is -0.490 e. The first-order chi connectivity index (χ1) is 10.3. The number of nitrogens with one attached hydrogen (secondary N) is 1. The number of nitro groups is 1. The molecule has 0 saturated heterocycles. The van der Waals surface area contributed by atoms with Crippen LogP contribution in [0.2, 0.25) is 0 Å². The van der Waals surface area contributed by atoms with Gasteiger partial charge in [0.25, 0.3) is 0 Å². The molecular weight excluding hydrogens is 369 g/mol. The Bertz CT molecular complexity index is 756. The predicted octanol–water partition coefficient (Wildman–Crippen LogP) is 4.53. The van der Waals surface area contributed by atoms with E-state index in [2.05, 4.69) is 26.0 Å². The van der Waals surface area contributed by atoms with Gasteiger partial charge in [-0.05, 0) is 18.2 Å². The van der Waals surface area contributed by atoms with Gasteiger partial charge >= 0.3 is 5.69 Å². The Morgan fingerprint density at radius 2 is 1.91 bits per heavy atom. The molecule has 9 heteroatoms. The van der Waals surface area contributed by atoms with Crippen LogP contribution < -0.4 is 10.1 Å².